The number of methoxy groups -OCH3 is 1. The van der Waals surface area contributed by atoms with Gasteiger partial charge in [0, 0.05) is 12.1 Å². The van der Waals surface area contributed by atoms with E-state index >= 15 is 0 Å². The summed E-state index contributed by atoms with van der Waals surface area (Å²) in [6, 6.07) is 3.04. The highest BCUT2D eigenvalue weighted by Gasteiger charge is 2.28. The number of carboxylic acid groups (broad SMARTS) is 1. The van der Waals surface area contributed by atoms with Crippen LogP contribution in [0.3, 0.4) is 0 Å². The fraction of sp³-hybridized carbons (Fsp3) is 0.462. The van der Waals surface area contributed by atoms with Crippen LogP contribution in [0.4, 0.5) is 0 Å². The molecule has 1 aromatic rings. The molecule has 1 rings (SSSR count). The van der Waals surface area contributed by atoms with Crippen LogP contribution in [0.2, 0.25) is 5.02 Å². The first-order chi connectivity index (χ1) is 9.67. The van der Waals surface area contributed by atoms with E-state index in [0.29, 0.717) is 5.56 Å². The van der Waals surface area contributed by atoms with Crippen molar-refractivity contribution in [3.05, 3.63) is 28.8 Å². The number of rotatable bonds is 7. The Morgan fingerprint density at radius 3 is 2.48 bits per heavy atom. The number of ether oxygens (including phenoxy) is 1. The summed E-state index contributed by atoms with van der Waals surface area (Å²) in [4.78, 5) is 11.0. The largest absolute Gasteiger partial charge is 0.480 e. The Balaban J connectivity index is 3.15. The minimum atomic E-state index is -3.98. The standard InChI is InChI=1S/C13H18ClNO5S/c1-8(2)12(13(16)17)15-21(18,19)11-5-9(7-20-3)4-10(14)6-11/h4-6,8,12,15H,7H2,1-3H3,(H,16,17). The van der Waals surface area contributed by atoms with Crippen LogP contribution < -0.4 is 4.72 Å². The highest BCUT2D eigenvalue weighted by atomic mass is 35.5. The molecule has 0 aliphatic carbocycles. The molecule has 1 atom stereocenters. The Morgan fingerprint density at radius 2 is 2.00 bits per heavy atom. The Labute approximate surface area is 129 Å². The fourth-order valence-electron chi connectivity index (χ4n) is 1.73. The maximum atomic E-state index is 12.3. The van der Waals surface area contributed by atoms with E-state index in [0.717, 1.165) is 0 Å². The molecule has 0 bridgehead atoms. The van der Waals surface area contributed by atoms with Gasteiger partial charge in [0.2, 0.25) is 10.0 Å². The normalized spacial score (nSPS) is 13.4. The first kappa shape index (κ1) is 17.9. The molecule has 0 spiro atoms. The van der Waals surface area contributed by atoms with Crippen LogP contribution in [0.1, 0.15) is 19.4 Å². The Bertz CT molecular complexity index is 615. The summed E-state index contributed by atoms with van der Waals surface area (Å²) in [6.07, 6.45) is 0. The summed E-state index contributed by atoms with van der Waals surface area (Å²) >= 11 is 5.89. The molecule has 8 heteroatoms. The molecule has 0 aromatic heterocycles. The molecule has 0 radical (unpaired) electrons. The lowest BCUT2D eigenvalue weighted by molar-refractivity contribution is -0.140. The van der Waals surface area contributed by atoms with Crippen molar-refractivity contribution in [2.45, 2.75) is 31.4 Å². The molecule has 1 aromatic carbocycles. The molecule has 0 saturated heterocycles. The van der Waals surface area contributed by atoms with Crippen molar-refractivity contribution in [1.82, 2.24) is 4.72 Å². The summed E-state index contributed by atoms with van der Waals surface area (Å²) in [5.41, 5.74) is 0.585. The Hall–Kier alpha value is -1.15. The second-order valence-electron chi connectivity index (χ2n) is 4.91. The second-order valence-corrected chi connectivity index (χ2v) is 7.06. The van der Waals surface area contributed by atoms with E-state index in [1.807, 2.05) is 0 Å². The van der Waals surface area contributed by atoms with Crippen molar-refractivity contribution < 1.29 is 23.1 Å². The van der Waals surface area contributed by atoms with Crippen molar-refractivity contribution in [3.8, 4) is 0 Å². The van der Waals surface area contributed by atoms with Crippen LogP contribution >= 0.6 is 11.6 Å². The van der Waals surface area contributed by atoms with E-state index < -0.39 is 28.0 Å². The van der Waals surface area contributed by atoms with E-state index in [1.54, 1.807) is 19.9 Å². The summed E-state index contributed by atoms with van der Waals surface area (Å²) in [6.45, 7) is 3.45. The number of carbonyl (C=O) groups is 1. The van der Waals surface area contributed by atoms with Gasteiger partial charge in [0.25, 0.3) is 0 Å². The first-order valence-electron chi connectivity index (χ1n) is 6.21. The SMILES string of the molecule is COCc1cc(Cl)cc(S(=O)(=O)NC(C(=O)O)C(C)C)c1. The van der Waals surface area contributed by atoms with E-state index in [4.69, 9.17) is 21.4 Å². The third-order valence-electron chi connectivity index (χ3n) is 2.77. The molecule has 118 valence electrons. The van der Waals surface area contributed by atoms with Gasteiger partial charge >= 0.3 is 5.97 Å². The first-order valence-corrected chi connectivity index (χ1v) is 8.07. The number of hydrogen-bond donors (Lipinski definition) is 2. The summed E-state index contributed by atoms with van der Waals surface area (Å²) in [5.74, 6) is -1.62. The molecule has 1 unspecified atom stereocenters. The zero-order chi connectivity index (χ0) is 16.2. The van der Waals surface area contributed by atoms with Crippen molar-refractivity contribution in [2.75, 3.05) is 7.11 Å². The van der Waals surface area contributed by atoms with Crippen molar-refractivity contribution in [2.24, 2.45) is 5.92 Å². The average Bonchev–Trinajstić information content (AvgIpc) is 2.35. The monoisotopic (exact) mass is 335 g/mol. The summed E-state index contributed by atoms with van der Waals surface area (Å²) in [5, 5.41) is 9.31. The zero-order valence-electron chi connectivity index (χ0n) is 12.0. The lowest BCUT2D eigenvalue weighted by Crippen LogP contribution is -2.44. The second kappa shape index (κ2) is 7.22. The van der Waals surface area contributed by atoms with Crippen molar-refractivity contribution in [3.63, 3.8) is 0 Å². The highest BCUT2D eigenvalue weighted by Crippen LogP contribution is 2.20. The average molecular weight is 336 g/mol. The van der Waals surface area contributed by atoms with Gasteiger partial charge in [0.1, 0.15) is 6.04 Å². The van der Waals surface area contributed by atoms with E-state index in [2.05, 4.69) is 4.72 Å². The van der Waals surface area contributed by atoms with Gasteiger partial charge in [-0.1, -0.05) is 25.4 Å². The van der Waals surface area contributed by atoms with Gasteiger partial charge in [-0.3, -0.25) is 4.79 Å². The van der Waals surface area contributed by atoms with E-state index in [-0.39, 0.29) is 16.5 Å². The van der Waals surface area contributed by atoms with Crippen LogP contribution in [0.25, 0.3) is 0 Å². The number of halogens is 1. The number of benzene rings is 1. The Morgan fingerprint density at radius 1 is 1.38 bits per heavy atom. The van der Waals surface area contributed by atoms with Crippen molar-refractivity contribution in [1.29, 1.82) is 0 Å². The molecule has 0 aliphatic rings. The number of aliphatic carboxylic acids is 1. The molecule has 0 saturated carbocycles. The van der Waals surface area contributed by atoms with Crippen LogP contribution in [-0.4, -0.2) is 32.6 Å². The maximum Gasteiger partial charge on any atom is 0.322 e. The smallest absolute Gasteiger partial charge is 0.322 e. The fourth-order valence-corrected chi connectivity index (χ4v) is 3.49. The van der Waals surface area contributed by atoms with E-state index in [1.165, 1.54) is 19.2 Å². The lowest BCUT2D eigenvalue weighted by atomic mass is 10.1. The summed E-state index contributed by atoms with van der Waals surface area (Å²) in [7, 11) is -2.50. The third-order valence-corrected chi connectivity index (χ3v) is 4.41. The van der Waals surface area contributed by atoms with Gasteiger partial charge in [-0.25, -0.2) is 8.42 Å². The lowest BCUT2D eigenvalue weighted by Gasteiger charge is -2.18. The molecular weight excluding hydrogens is 318 g/mol. The van der Waals surface area contributed by atoms with Crippen LogP contribution in [0, 0.1) is 5.92 Å². The minimum absolute atomic E-state index is 0.0889. The molecule has 0 fully saturated rings. The van der Waals surface area contributed by atoms with Gasteiger partial charge < -0.3 is 9.84 Å². The predicted molar refractivity (Wildman–Crippen MR) is 78.7 cm³/mol. The molecule has 0 amide bonds. The number of carboxylic acids is 1. The highest BCUT2D eigenvalue weighted by molar-refractivity contribution is 7.89. The number of nitrogens with one attached hydrogen (secondary N) is 1. The Kier molecular flexibility index (Phi) is 6.15. The van der Waals surface area contributed by atoms with Gasteiger partial charge in [-0.2, -0.15) is 4.72 Å². The van der Waals surface area contributed by atoms with Crippen LogP contribution in [-0.2, 0) is 26.2 Å². The molecule has 0 heterocycles. The van der Waals surface area contributed by atoms with Gasteiger partial charge in [0.05, 0.1) is 11.5 Å². The van der Waals surface area contributed by atoms with Crippen molar-refractivity contribution >= 4 is 27.6 Å². The van der Waals surface area contributed by atoms with Crippen LogP contribution in [0.5, 0.6) is 0 Å². The quantitative estimate of drug-likeness (QED) is 0.793. The number of hydrogen-bond acceptors (Lipinski definition) is 4. The molecule has 6 nitrogen and oxygen atoms in total. The van der Waals surface area contributed by atoms with Gasteiger partial charge in [-0.15, -0.1) is 0 Å². The van der Waals surface area contributed by atoms with Gasteiger partial charge in [-0.05, 0) is 29.7 Å². The molecular formula is C13H18ClNO5S. The third kappa shape index (κ3) is 4.96. The summed E-state index contributed by atoms with van der Waals surface area (Å²) < 4.78 is 31.7. The molecule has 21 heavy (non-hydrogen) atoms. The number of sulfonamides is 1. The molecule has 2 N–H and O–H groups in total. The maximum absolute atomic E-state index is 12.3. The predicted octanol–water partition coefficient (Wildman–Crippen LogP) is 1.87. The minimum Gasteiger partial charge on any atom is -0.480 e. The van der Waals surface area contributed by atoms with Crippen LogP contribution in [0.15, 0.2) is 23.1 Å². The van der Waals surface area contributed by atoms with Gasteiger partial charge in [0.15, 0.2) is 0 Å². The topological polar surface area (TPSA) is 92.7 Å². The molecule has 0 aliphatic heterocycles. The zero-order valence-corrected chi connectivity index (χ0v) is 13.5. The van der Waals surface area contributed by atoms with E-state index in [9.17, 15) is 13.2 Å².